The lowest BCUT2D eigenvalue weighted by atomic mass is 9.90. The molecule has 4 N–H and O–H groups in total. The van der Waals surface area contributed by atoms with Crippen molar-refractivity contribution < 1.29 is 14.6 Å². The van der Waals surface area contributed by atoms with Crippen LogP contribution in [0, 0.1) is 0 Å². The van der Waals surface area contributed by atoms with Crippen molar-refractivity contribution in [3.63, 3.8) is 0 Å². The molecule has 168 valence electrons. The van der Waals surface area contributed by atoms with E-state index in [1.54, 1.807) is 0 Å². The number of para-hydroxylation sites is 1. The number of carbonyl (C=O) groups excluding carboxylic acids is 1. The van der Waals surface area contributed by atoms with Crippen LogP contribution in [0.3, 0.4) is 0 Å². The molecule has 0 aromatic heterocycles. The number of benzene rings is 2. The van der Waals surface area contributed by atoms with E-state index in [1.807, 2.05) is 61.5 Å². The maximum absolute atomic E-state index is 12.0. The third-order valence-electron chi connectivity index (χ3n) is 4.85. The molecule has 0 saturated carbocycles. The normalized spacial score (nSPS) is 16.5. The lowest BCUT2D eigenvalue weighted by Crippen LogP contribution is -2.41. The fourth-order valence-corrected chi connectivity index (χ4v) is 3.38. The number of amides is 1. The van der Waals surface area contributed by atoms with Crippen molar-refractivity contribution in [3.05, 3.63) is 65.7 Å². The number of guanidine groups is 1. The SMILES string of the molecule is CCNC(=NCC(O)COCc1ccccc1)NCC1CC(=O)Nc2ccccc21.I. The topological polar surface area (TPSA) is 95.0 Å². The van der Waals surface area contributed by atoms with Crippen molar-refractivity contribution >= 4 is 41.5 Å². The van der Waals surface area contributed by atoms with Crippen LogP contribution in [0.1, 0.15) is 30.4 Å². The lowest BCUT2D eigenvalue weighted by molar-refractivity contribution is -0.116. The van der Waals surface area contributed by atoms with Gasteiger partial charge in [0.15, 0.2) is 5.96 Å². The number of aliphatic imine (C=N–C) groups is 1. The minimum Gasteiger partial charge on any atom is -0.389 e. The highest BCUT2D eigenvalue weighted by Gasteiger charge is 2.24. The minimum atomic E-state index is -0.689. The van der Waals surface area contributed by atoms with Gasteiger partial charge < -0.3 is 25.8 Å². The van der Waals surface area contributed by atoms with Gasteiger partial charge in [0.1, 0.15) is 0 Å². The molecule has 2 aromatic carbocycles. The number of hydrogen-bond acceptors (Lipinski definition) is 4. The molecular weight excluding hydrogens is 507 g/mol. The Morgan fingerprint density at radius 3 is 2.71 bits per heavy atom. The van der Waals surface area contributed by atoms with Gasteiger partial charge in [-0.3, -0.25) is 9.79 Å². The van der Waals surface area contributed by atoms with E-state index in [4.69, 9.17) is 4.74 Å². The summed E-state index contributed by atoms with van der Waals surface area (Å²) in [4.78, 5) is 16.5. The summed E-state index contributed by atoms with van der Waals surface area (Å²) in [5.74, 6) is 0.703. The second-order valence-electron chi connectivity index (χ2n) is 7.29. The first-order chi connectivity index (χ1) is 14.7. The first-order valence-electron chi connectivity index (χ1n) is 10.4. The van der Waals surface area contributed by atoms with Crippen LogP contribution >= 0.6 is 24.0 Å². The highest BCUT2D eigenvalue weighted by molar-refractivity contribution is 14.0. The summed E-state index contributed by atoms with van der Waals surface area (Å²) in [6.07, 6.45) is -0.260. The summed E-state index contributed by atoms with van der Waals surface area (Å²) in [5.41, 5.74) is 3.06. The molecule has 2 atom stereocenters. The largest absolute Gasteiger partial charge is 0.389 e. The monoisotopic (exact) mass is 538 g/mol. The quantitative estimate of drug-likeness (QED) is 0.224. The molecule has 2 unspecified atom stereocenters. The predicted molar refractivity (Wildman–Crippen MR) is 134 cm³/mol. The number of ether oxygens (including phenoxy) is 1. The molecule has 0 aliphatic carbocycles. The van der Waals surface area contributed by atoms with Crippen molar-refractivity contribution in [1.82, 2.24) is 10.6 Å². The van der Waals surface area contributed by atoms with Crippen LogP contribution in [0.5, 0.6) is 0 Å². The average molecular weight is 538 g/mol. The van der Waals surface area contributed by atoms with E-state index in [1.165, 1.54) is 0 Å². The maximum Gasteiger partial charge on any atom is 0.225 e. The number of fused-ring (bicyclic) bond motifs is 1. The van der Waals surface area contributed by atoms with Gasteiger partial charge in [-0.25, -0.2) is 0 Å². The van der Waals surface area contributed by atoms with Gasteiger partial charge in [0.25, 0.3) is 0 Å². The minimum absolute atomic E-state index is 0. The fraction of sp³-hybridized carbons (Fsp3) is 0.391. The Labute approximate surface area is 200 Å². The van der Waals surface area contributed by atoms with E-state index in [9.17, 15) is 9.90 Å². The Hall–Kier alpha value is -2.17. The molecule has 1 heterocycles. The van der Waals surface area contributed by atoms with Crippen LogP contribution in [0.2, 0.25) is 0 Å². The van der Waals surface area contributed by atoms with Crippen LogP contribution < -0.4 is 16.0 Å². The lowest BCUT2D eigenvalue weighted by Gasteiger charge is -2.26. The predicted octanol–water partition coefficient (Wildman–Crippen LogP) is 2.86. The molecule has 0 bridgehead atoms. The van der Waals surface area contributed by atoms with E-state index in [0.29, 0.717) is 32.1 Å². The number of carbonyl (C=O) groups is 1. The summed E-state index contributed by atoms with van der Waals surface area (Å²) in [6, 6.07) is 17.7. The van der Waals surface area contributed by atoms with Gasteiger partial charge in [-0.15, -0.1) is 24.0 Å². The van der Waals surface area contributed by atoms with Crippen LogP contribution in [-0.4, -0.2) is 49.3 Å². The molecule has 7 nitrogen and oxygen atoms in total. The van der Waals surface area contributed by atoms with Crippen molar-refractivity contribution in [2.75, 3.05) is 31.6 Å². The van der Waals surface area contributed by atoms with Crippen molar-refractivity contribution in [2.45, 2.75) is 32.0 Å². The van der Waals surface area contributed by atoms with E-state index >= 15 is 0 Å². The maximum atomic E-state index is 12.0. The van der Waals surface area contributed by atoms with Crippen molar-refractivity contribution in [3.8, 4) is 0 Å². The molecule has 1 amide bonds. The van der Waals surface area contributed by atoms with Crippen LogP contribution in [-0.2, 0) is 16.1 Å². The summed E-state index contributed by atoms with van der Waals surface area (Å²) < 4.78 is 5.58. The van der Waals surface area contributed by atoms with Crippen molar-refractivity contribution in [1.29, 1.82) is 0 Å². The number of aliphatic hydroxyl groups excluding tert-OH is 1. The van der Waals surface area contributed by atoms with Crippen LogP contribution in [0.4, 0.5) is 5.69 Å². The number of halogens is 1. The molecule has 8 heteroatoms. The van der Waals surface area contributed by atoms with E-state index in [0.717, 1.165) is 16.8 Å². The smallest absolute Gasteiger partial charge is 0.225 e. The summed E-state index contributed by atoms with van der Waals surface area (Å²) in [5, 5.41) is 19.6. The van der Waals surface area contributed by atoms with E-state index in [2.05, 4.69) is 20.9 Å². The van der Waals surface area contributed by atoms with Crippen LogP contribution in [0.25, 0.3) is 0 Å². The molecule has 1 aliphatic heterocycles. The zero-order valence-electron chi connectivity index (χ0n) is 17.7. The first kappa shape index (κ1) is 25.1. The summed E-state index contributed by atoms with van der Waals surface area (Å²) >= 11 is 0. The van der Waals surface area contributed by atoms with Gasteiger partial charge in [0.05, 0.1) is 25.9 Å². The molecule has 0 fully saturated rings. The van der Waals surface area contributed by atoms with Gasteiger partial charge in [-0.1, -0.05) is 48.5 Å². The third kappa shape index (κ3) is 8.12. The number of nitrogens with zero attached hydrogens (tertiary/aromatic N) is 1. The second kappa shape index (κ2) is 13.3. The average Bonchev–Trinajstić information content (AvgIpc) is 2.76. The van der Waals surface area contributed by atoms with Gasteiger partial charge in [0, 0.05) is 31.1 Å². The second-order valence-corrected chi connectivity index (χ2v) is 7.29. The first-order valence-corrected chi connectivity index (χ1v) is 10.4. The van der Waals surface area contributed by atoms with Gasteiger partial charge in [-0.2, -0.15) is 0 Å². The standard InChI is InChI=1S/C23H30N4O3.HI/c1-2-24-23(26-14-19(28)16-30-15-17-8-4-3-5-9-17)25-13-18-12-22(29)27-21-11-7-6-10-20(18)21;/h3-11,18-19,28H,2,12-16H2,1H3,(H,27,29)(H2,24,25,26);1H. The molecule has 0 saturated heterocycles. The Balaban J connectivity index is 0.00000341. The van der Waals surface area contributed by atoms with Gasteiger partial charge >= 0.3 is 0 Å². The highest BCUT2D eigenvalue weighted by Crippen LogP contribution is 2.31. The number of rotatable bonds is 9. The number of hydrogen-bond donors (Lipinski definition) is 4. The summed E-state index contributed by atoms with van der Waals surface area (Å²) in [7, 11) is 0. The van der Waals surface area contributed by atoms with E-state index < -0.39 is 6.10 Å². The summed E-state index contributed by atoms with van der Waals surface area (Å²) in [6.45, 7) is 4.17. The molecule has 31 heavy (non-hydrogen) atoms. The zero-order chi connectivity index (χ0) is 21.2. The molecule has 0 radical (unpaired) electrons. The highest BCUT2D eigenvalue weighted by atomic mass is 127. The Morgan fingerprint density at radius 2 is 1.94 bits per heavy atom. The Kier molecular flexibility index (Phi) is 10.8. The Bertz CT molecular complexity index is 848. The molecule has 3 rings (SSSR count). The van der Waals surface area contributed by atoms with E-state index in [-0.39, 0.29) is 49.0 Å². The number of aliphatic hydroxyl groups is 1. The van der Waals surface area contributed by atoms with Crippen molar-refractivity contribution in [2.24, 2.45) is 4.99 Å². The zero-order valence-corrected chi connectivity index (χ0v) is 20.0. The molecule has 1 aliphatic rings. The van der Waals surface area contributed by atoms with Gasteiger partial charge in [0.2, 0.25) is 5.91 Å². The molecular formula is C23H31IN4O3. The van der Waals surface area contributed by atoms with Crippen LogP contribution in [0.15, 0.2) is 59.6 Å². The fourth-order valence-electron chi connectivity index (χ4n) is 3.38. The molecule has 2 aromatic rings. The third-order valence-corrected chi connectivity index (χ3v) is 4.85. The number of anilines is 1. The van der Waals surface area contributed by atoms with Gasteiger partial charge in [-0.05, 0) is 24.1 Å². The number of nitrogens with one attached hydrogen (secondary N) is 3. The molecule has 0 spiro atoms. The Morgan fingerprint density at radius 1 is 1.19 bits per heavy atom.